The molecule has 0 N–H and O–H groups in total. The summed E-state index contributed by atoms with van der Waals surface area (Å²) >= 11 is 0. The quantitative estimate of drug-likeness (QED) is 0.304. The monoisotopic (exact) mass is 225 g/mol. The van der Waals surface area contributed by atoms with E-state index in [2.05, 4.69) is 4.84 Å². The highest BCUT2D eigenvalue weighted by molar-refractivity contribution is 5.74. The SMILES string of the molecule is O=Cc1ccc(OCCCO[N+](=O)[O-])cc1. The smallest absolute Gasteiger partial charge is 0.294 e. The van der Waals surface area contributed by atoms with E-state index in [9.17, 15) is 14.9 Å². The van der Waals surface area contributed by atoms with Crippen LogP contribution in [0.15, 0.2) is 24.3 Å². The molecule has 0 aliphatic rings. The van der Waals surface area contributed by atoms with Gasteiger partial charge in [0.05, 0.1) is 13.2 Å². The van der Waals surface area contributed by atoms with Crippen LogP contribution in [0.2, 0.25) is 0 Å². The van der Waals surface area contributed by atoms with Crippen molar-refractivity contribution < 1.29 is 19.5 Å². The molecule has 0 aliphatic heterocycles. The van der Waals surface area contributed by atoms with Crippen molar-refractivity contribution >= 4 is 6.29 Å². The molecule has 0 amide bonds. The van der Waals surface area contributed by atoms with E-state index >= 15 is 0 Å². The third-order valence-corrected chi connectivity index (χ3v) is 1.77. The molecule has 0 spiro atoms. The summed E-state index contributed by atoms with van der Waals surface area (Å²) < 4.78 is 5.27. The van der Waals surface area contributed by atoms with Crippen LogP contribution in [0.25, 0.3) is 0 Å². The fraction of sp³-hybridized carbons (Fsp3) is 0.300. The zero-order valence-electron chi connectivity index (χ0n) is 8.50. The number of aldehydes is 1. The zero-order valence-corrected chi connectivity index (χ0v) is 8.50. The van der Waals surface area contributed by atoms with Crippen molar-refractivity contribution in [1.82, 2.24) is 0 Å². The van der Waals surface area contributed by atoms with Gasteiger partial charge in [0.15, 0.2) is 0 Å². The van der Waals surface area contributed by atoms with E-state index in [1.165, 1.54) is 0 Å². The summed E-state index contributed by atoms with van der Waals surface area (Å²) in [5, 5.41) is 8.98. The molecule has 0 fully saturated rings. The van der Waals surface area contributed by atoms with Gasteiger partial charge in [0.25, 0.3) is 5.09 Å². The molecular weight excluding hydrogens is 214 g/mol. The third-order valence-electron chi connectivity index (χ3n) is 1.77. The van der Waals surface area contributed by atoms with Crippen LogP contribution in [-0.4, -0.2) is 24.6 Å². The van der Waals surface area contributed by atoms with Gasteiger partial charge in [0.1, 0.15) is 12.0 Å². The minimum atomic E-state index is -0.834. The number of hydrogen-bond donors (Lipinski definition) is 0. The lowest BCUT2D eigenvalue weighted by molar-refractivity contribution is -0.757. The maximum absolute atomic E-state index is 10.4. The molecule has 0 radical (unpaired) electrons. The number of carbonyl (C=O) groups excluding carboxylic acids is 1. The second-order valence-corrected chi connectivity index (χ2v) is 2.95. The van der Waals surface area contributed by atoms with Gasteiger partial charge in [0.2, 0.25) is 0 Å². The predicted octanol–water partition coefficient (Wildman–Crippen LogP) is 1.48. The predicted molar refractivity (Wildman–Crippen MR) is 54.9 cm³/mol. The lowest BCUT2D eigenvalue weighted by Gasteiger charge is -2.05. The Labute approximate surface area is 91.9 Å². The van der Waals surface area contributed by atoms with E-state index in [4.69, 9.17) is 4.74 Å². The number of hydrogen-bond acceptors (Lipinski definition) is 5. The van der Waals surface area contributed by atoms with E-state index in [1.54, 1.807) is 24.3 Å². The Morgan fingerprint density at radius 3 is 2.50 bits per heavy atom. The summed E-state index contributed by atoms with van der Waals surface area (Å²) in [7, 11) is 0. The molecule has 1 aromatic rings. The van der Waals surface area contributed by atoms with Crippen molar-refractivity contribution in [2.24, 2.45) is 0 Å². The van der Waals surface area contributed by atoms with Gasteiger partial charge >= 0.3 is 0 Å². The Kier molecular flexibility index (Phi) is 4.78. The molecule has 0 unspecified atom stereocenters. The second kappa shape index (κ2) is 6.39. The topological polar surface area (TPSA) is 78.7 Å². The van der Waals surface area contributed by atoms with Crippen molar-refractivity contribution in [3.05, 3.63) is 39.9 Å². The van der Waals surface area contributed by atoms with Crippen molar-refractivity contribution in [1.29, 1.82) is 0 Å². The molecule has 0 atom stereocenters. The number of rotatable bonds is 7. The molecule has 86 valence electrons. The molecule has 1 aromatic carbocycles. The van der Waals surface area contributed by atoms with Crippen LogP contribution in [0.3, 0.4) is 0 Å². The molecule has 6 nitrogen and oxygen atoms in total. The molecule has 0 heterocycles. The highest BCUT2D eigenvalue weighted by atomic mass is 16.9. The summed E-state index contributed by atoms with van der Waals surface area (Å²) in [6.45, 7) is 0.341. The van der Waals surface area contributed by atoms with E-state index < -0.39 is 5.09 Å². The first-order chi connectivity index (χ1) is 7.72. The summed E-state index contributed by atoms with van der Waals surface area (Å²) in [6, 6.07) is 6.60. The van der Waals surface area contributed by atoms with Gasteiger partial charge in [0, 0.05) is 12.0 Å². The fourth-order valence-corrected chi connectivity index (χ4v) is 1.03. The largest absolute Gasteiger partial charge is 0.494 e. The zero-order chi connectivity index (χ0) is 11.8. The van der Waals surface area contributed by atoms with Crippen LogP contribution >= 0.6 is 0 Å². The third kappa shape index (κ3) is 4.41. The van der Waals surface area contributed by atoms with Crippen LogP contribution < -0.4 is 4.74 Å². The van der Waals surface area contributed by atoms with Gasteiger partial charge in [-0.25, -0.2) is 0 Å². The normalized spacial score (nSPS) is 9.50. The minimum Gasteiger partial charge on any atom is -0.494 e. The van der Waals surface area contributed by atoms with Crippen molar-refractivity contribution in [3.63, 3.8) is 0 Å². The Hall–Kier alpha value is -2.11. The first kappa shape index (κ1) is 12.0. The Morgan fingerprint density at radius 2 is 1.94 bits per heavy atom. The van der Waals surface area contributed by atoms with Gasteiger partial charge in [-0.05, 0) is 24.3 Å². The number of nitrogens with zero attached hydrogens (tertiary/aromatic N) is 1. The average molecular weight is 225 g/mol. The maximum atomic E-state index is 10.4. The molecule has 0 aromatic heterocycles. The van der Waals surface area contributed by atoms with Crippen LogP contribution in [-0.2, 0) is 4.84 Å². The molecule has 1 rings (SSSR count). The molecule has 0 saturated carbocycles. The van der Waals surface area contributed by atoms with Crippen LogP contribution in [0, 0.1) is 10.1 Å². The number of ether oxygens (including phenoxy) is 1. The molecule has 16 heavy (non-hydrogen) atoms. The summed E-state index contributed by atoms with van der Waals surface area (Å²) in [6.07, 6.45) is 1.17. The highest BCUT2D eigenvalue weighted by Gasteiger charge is 1.96. The maximum Gasteiger partial charge on any atom is 0.294 e. The standard InChI is InChI=1S/C10H11NO5/c12-8-9-2-4-10(5-3-9)15-6-1-7-16-11(13)14/h2-5,8H,1,6-7H2. The van der Waals surface area contributed by atoms with Crippen molar-refractivity contribution in [2.75, 3.05) is 13.2 Å². The lowest BCUT2D eigenvalue weighted by atomic mass is 10.2. The van der Waals surface area contributed by atoms with Gasteiger partial charge < -0.3 is 9.57 Å². The second-order valence-electron chi connectivity index (χ2n) is 2.95. The van der Waals surface area contributed by atoms with E-state index in [-0.39, 0.29) is 6.61 Å². The van der Waals surface area contributed by atoms with E-state index in [1.807, 2.05) is 0 Å². The van der Waals surface area contributed by atoms with Crippen LogP contribution in [0.5, 0.6) is 5.75 Å². The van der Waals surface area contributed by atoms with Gasteiger partial charge in [-0.3, -0.25) is 4.79 Å². The van der Waals surface area contributed by atoms with Crippen LogP contribution in [0.1, 0.15) is 16.8 Å². The van der Waals surface area contributed by atoms with E-state index in [0.717, 1.165) is 6.29 Å². The summed E-state index contributed by atoms with van der Waals surface area (Å²) in [5.41, 5.74) is 0.573. The Bertz CT molecular complexity index is 349. The molecular formula is C10H11NO5. The summed E-state index contributed by atoms with van der Waals surface area (Å²) in [5.74, 6) is 0.617. The van der Waals surface area contributed by atoms with Gasteiger partial charge in [-0.1, -0.05) is 0 Å². The van der Waals surface area contributed by atoms with E-state index in [0.29, 0.717) is 24.3 Å². The Morgan fingerprint density at radius 1 is 1.25 bits per heavy atom. The van der Waals surface area contributed by atoms with Gasteiger partial charge in [-0.15, -0.1) is 10.1 Å². The molecule has 0 saturated heterocycles. The van der Waals surface area contributed by atoms with Gasteiger partial charge in [-0.2, -0.15) is 0 Å². The average Bonchev–Trinajstić information content (AvgIpc) is 2.29. The first-order valence-electron chi connectivity index (χ1n) is 4.67. The summed E-state index contributed by atoms with van der Waals surface area (Å²) in [4.78, 5) is 24.3. The first-order valence-corrected chi connectivity index (χ1v) is 4.67. The molecule has 0 aliphatic carbocycles. The Balaban J connectivity index is 2.21. The number of carbonyl (C=O) groups is 1. The molecule has 0 bridgehead atoms. The van der Waals surface area contributed by atoms with Crippen LogP contribution in [0.4, 0.5) is 0 Å². The van der Waals surface area contributed by atoms with Crippen molar-refractivity contribution in [2.45, 2.75) is 6.42 Å². The lowest BCUT2D eigenvalue weighted by Crippen LogP contribution is -2.06. The minimum absolute atomic E-state index is 0.0133. The number of benzene rings is 1. The fourth-order valence-electron chi connectivity index (χ4n) is 1.03. The van der Waals surface area contributed by atoms with Crippen molar-refractivity contribution in [3.8, 4) is 5.75 Å². The highest BCUT2D eigenvalue weighted by Crippen LogP contribution is 2.11. The molecule has 6 heteroatoms.